The monoisotopic (exact) mass is 304 g/mol. The van der Waals surface area contributed by atoms with Gasteiger partial charge in [-0.3, -0.25) is 4.79 Å². The summed E-state index contributed by atoms with van der Waals surface area (Å²) in [7, 11) is 1.53. The third kappa shape index (κ3) is 4.22. The molecule has 0 atom stereocenters. The van der Waals surface area contributed by atoms with Crippen LogP contribution in [-0.4, -0.2) is 18.2 Å². The molecule has 5 heteroatoms. The summed E-state index contributed by atoms with van der Waals surface area (Å²) in [5, 5.41) is 8.82. The fourth-order valence-electron chi connectivity index (χ4n) is 2.06. The number of carboxylic acids is 1. The van der Waals surface area contributed by atoms with Crippen molar-refractivity contribution in [2.75, 3.05) is 7.11 Å². The number of aliphatic carboxylic acids is 1. The van der Waals surface area contributed by atoms with Gasteiger partial charge in [0.2, 0.25) is 0 Å². The molecular weight excluding hydrogens is 287 g/mol. The lowest BCUT2D eigenvalue weighted by Crippen LogP contribution is -2.03. The number of methoxy groups -OCH3 is 1. The minimum absolute atomic E-state index is 0.0140. The lowest BCUT2D eigenvalue weighted by molar-refractivity contribution is -0.136. The van der Waals surface area contributed by atoms with Crippen molar-refractivity contribution in [1.29, 1.82) is 0 Å². The number of halogens is 1. The zero-order valence-corrected chi connectivity index (χ0v) is 12.2. The molecule has 0 aliphatic rings. The fraction of sp³-hybridized carbons (Fsp3) is 0.235. The van der Waals surface area contributed by atoms with Crippen LogP contribution < -0.4 is 9.47 Å². The number of rotatable bonds is 7. The first-order chi connectivity index (χ1) is 10.6. The van der Waals surface area contributed by atoms with E-state index in [0.717, 1.165) is 11.1 Å². The van der Waals surface area contributed by atoms with Gasteiger partial charge >= 0.3 is 5.97 Å². The molecule has 2 rings (SSSR count). The van der Waals surface area contributed by atoms with E-state index in [1.54, 1.807) is 24.3 Å². The van der Waals surface area contributed by atoms with Crippen LogP contribution in [0.15, 0.2) is 42.5 Å². The SMILES string of the molecule is COc1cccc(CCC(=O)O)c1OCc1ccc(F)cc1. The Bertz CT molecular complexity index is 638. The smallest absolute Gasteiger partial charge is 0.303 e. The average molecular weight is 304 g/mol. The van der Waals surface area contributed by atoms with Crippen LogP contribution >= 0.6 is 0 Å². The number of aryl methyl sites for hydroxylation is 1. The van der Waals surface area contributed by atoms with Crippen LogP contribution in [0.4, 0.5) is 4.39 Å². The summed E-state index contributed by atoms with van der Waals surface area (Å²) in [6.45, 7) is 0.251. The van der Waals surface area contributed by atoms with E-state index in [4.69, 9.17) is 14.6 Å². The fourth-order valence-corrected chi connectivity index (χ4v) is 2.06. The Hall–Kier alpha value is -2.56. The van der Waals surface area contributed by atoms with Gasteiger partial charge in [0.25, 0.3) is 0 Å². The second-order valence-corrected chi connectivity index (χ2v) is 4.76. The highest BCUT2D eigenvalue weighted by Gasteiger charge is 2.12. The summed E-state index contributed by atoms with van der Waals surface area (Å²) in [4.78, 5) is 10.7. The van der Waals surface area contributed by atoms with E-state index >= 15 is 0 Å². The van der Waals surface area contributed by atoms with Crippen LogP contribution in [0.5, 0.6) is 11.5 Å². The summed E-state index contributed by atoms with van der Waals surface area (Å²) in [6.07, 6.45) is 0.366. The molecule has 0 saturated carbocycles. The van der Waals surface area contributed by atoms with Crippen LogP contribution in [0.2, 0.25) is 0 Å². The molecule has 0 spiro atoms. The third-order valence-electron chi connectivity index (χ3n) is 3.18. The average Bonchev–Trinajstić information content (AvgIpc) is 2.52. The van der Waals surface area contributed by atoms with Crippen LogP contribution in [0.1, 0.15) is 17.5 Å². The largest absolute Gasteiger partial charge is 0.493 e. The number of carboxylic acid groups (broad SMARTS) is 1. The first-order valence-corrected chi connectivity index (χ1v) is 6.85. The molecule has 0 aliphatic carbocycles. The van der Waals surface area contributed by atoms with Gasteiger partial charge in [-0.2, -0.15) is 0 Å². The van der Waals surface area contributed by atoms with Crippen molar-refractivity contribution in [3.8, 4) is 11.5 Å². The molecule has 0 fully saturated rings. The van der Waals surface area contributed by atoms with Crippen LogP contribution in [0.3, 0.4) is 0 Å². The Morgan fingerprint density at radius 1 is 1.18 bits per heavy atom. The van der Waals surface area contributed by atoms with Crippen molar-refractivity contribution < 1.29 is 23.8 Å². The van der Waals surface area contributed by atoms with E-state index in [9.17, 15) is 9.18 Å². The van der Waals surface area contributed by atoms with E-state index in [2.05, 4.69) is 0 Å². The lowest BCUT2D eigenvalue weighted by Gasteiger charge is -2.15. The van der Waals surface area contributed by atoms with Crippen molar-refractivity contribution >= 4 is 5.97 Å². The topological polar surface area (TPSA) is 55.8 Å². The van der Waals surface area contributed by atoms with Crippen molar-refractivity contribution in [1.82, 2.24) is 0 Å². The number of carbonyl (C=O) groups is 1. The van der Waals surface area contributed by atoms with Crippen LogP contribution in [0, 0.1) is 5.82 Å². The second-order valence-electron chi connectivity index (χ2n) is 4.76. The van der Waals surface area contributed by atoms with Gasteiger partial charge in [0.05, 0.1) is 7.11 Å². The number of hydrogen-bond acceptors (Lipinski definition) is 3. The normalized spacial score (nSPS) is 10.3. The molecule has 0 aliphatic heterocycles. The van der Waals surface area contributed by atoms with Gasteiger partial charge in [0.15, 0.2) is 11.5 Å². The van der Waals surface area contributed by atoms with Crippen LogP contribution in [-0.2, 0) is 17.8 Å². The molecule has 0 bridgehead atoms. The Morgan fingerprint density at radius 2 is 1.91 bits per heavy atom. The molecule has 0 saturated heterocycles. The summed E-state index contributed by atoms with van der Waals surface area (Å²) in [6, 6.07) is 11.4. The van der Waals surface area contributed by atoms with Gasteiger partial charge in [-0.05, 0) is 35.7 Å². The van der Waals surface area contributed by atoms with Gasteiger partial charge in [-0.25, -0.2) is 4.39 Å². The van der Waals surface area contributed by atoms with E-state index in [0.29, 0.717) is 17.9 Å². The molecule has 1 N–H and O–H groups in total. The quantitative estimate of drug-likeness (QED) is 0.851. The Balaban J connectivity index is 2.16. The van der Waals surface area contributed by atoms with Crippen molar-refractivity contribution in [3.63, 3.8) is 0 Å². The summed E-state index contributed by atoms with van der Waals surface area (Å²) in [5.41, 5.74) is 1.58. The van der Waals surface area contributed by atoms with Crippen molar-refractivity contribution in [3.05, 3.63) is 59.4 Å². The predicted molar refractivity (Wildman–Crippen MR) is 79.7 cm³/mol. The molecule has 0 heterocycles. The third-order valence-corrected chi connectivity index (χ3v) is 3.18. The number of ether oxygens (including phenoxy) is 2. The van der Waals surface area contributed by atoms with Crippen LogP contribution in [0.25, 0.3) is 0 Å². The van der Waals surface area contributed by atoms with Crippen molar-refractivity contribution in [2.24, 2.45) is 0 Å². The minimum Gasteiger partial charge on any atom is -0.493 e. The van der Waals surface area contributed by atoms with E-state index in [1.165, 1.54) is 19.2 Å². The molecule has 116 valence electrons. The standard InChI is InChI=1S/C17H17FO4/c1-21-15-4-2-3-13(7-10-16(19)20)17(15)22-11-12-5-8-14(18)9-6-12/h2-6,8-9H,7,10-11H2,1H3,(H,19,20). The van der Waals surface area contributed by atoms with E-state index in [-0.39, 0.29) is 18.8 Å². The minimum atomic E-state index is -0.868. The number of benzene rings is 2. The van der Waals surface area contributed by atoms with Gasteiger partial charge in [0.1, 0.15) is 12.4 Å². The molecule has 2 aromatic rings. The first kappa shape index (κ1) is 15.8. The summed E-state index contributed by atoms with van der Waals surface area (Å²) >= 11 is 0. The highest BCUT2D eigenvalue weighted by Crippen LogP contribution is 2.32. The highest BCUT2D eigenvalue weighted by atomic mass is 19.1. The summed E-state index contributed by atoms with van der Waals surface area (Å²) < 4.78 is 23.9. The van der Waals surface area contributed by atoms with Gasteiger partial charge in [-0.15, -0.1) is 0 Å². The Labute approximate surface area is 128 Å². The molecule has 0 amide bonds. The molecule has 0 radical (unpaired) electrons. The molecule has 2 aromatic carbocycles. The first-order valence-electron chi connectivity index (χ1n) is 6.85. The maximum atomic E-state index is 12.9. The zero-order chi connectivity index (χ0) is 15.9. The van der Waals surface area contributed by atoms with E-state index in [1.807, 2.05) is 6.07 Å². The Morgan fingerprint density at radius 3 is 2.55 bits per heavy atom. The molecule has 4 nitrogen and oxygen atoms in total. The molecular formula is C17H17FO4. The molecule has 0 aromatic heterocycles. The summed E-state index contributed by atoms with van der Waals surface area (Å²) in [5.74, 6) is -0.101. The molecule has 22 heavy (non-hydrogen) atoms. The predicted octanol–water partition coefficient (Wildman–Crippen LogP) is 3.43. The maximum absolute atomic E-state index is 12.9. The maximum Gasteiger partial charge on any atom is 0.303 e. The zero-order valence-electron chi connectivity index (χ0n) is 12.2. The lowest BCUT2D eigenvalue weighted by atomic mass is 10.1. The number of hydrogen-bond donors (Lipinski definition) is 1. The van der Waals surface area contributed by atoms with Gasteiger partial charge in [-0.1, -0.05) is 24.3 Å². The van der Waals surface area contributed by atoms with Gasteiger partial charge < -0.3 is 14.6 Å². The van der Waals surface area contributed by atoms with Gasteiger partial charge in [0, 0.05) is 6.42 Å². The van der Waals surface area contributed by atoms with E-state index < -0.39 is 5.97 Å². The second kappa shape index (κ2) is 7.45. The van der Waals surface area contributed by atoms with Crippen molar-refractivity contribution in [2.45, 2.75) is 19.4 Å². The number of para-hydroxylation sites is 1. The highest BCUT2D eigenvalue weighted by molar-refractivity contribution is 5.67. The Kier molecular flexibility index (Phi) is 5.36. The molecule has 0 unspecified atom stereocenters.